The Morgan fingerprint density at radius 2 is 1.70 bits per heavy atom. The number of halogens is 7. The van der Waals surface area contributed by atoms with Gasteiger partial charge in [-0.15, -0.1) is 13.2 Å². The second kappa shape index (κ2) is 13.8. The van der Waals surface area contributed by atoms with E-state index in [1.807, 2.05) is 6.07 Å². The first-order valence-corrected chi connectivity index (χ1v) is 15.9. The van der Waals surface area contributed by atoms with Gasteiger partial charge in [0.15, 0.2) is 11.6 Å². The molecular formula is C32H38F7NO3S. The van der Waals surface area contributed by atoms with Crippen molar-refractivity contribution in [1.29, 1.82) is 0 Å². The highest BCUT2D eigenvalue weighted by atomic mass is 32.1. The molecule has 0 aliphatic heterocycles. The van der Waals surface area contributed by atoms with Gasteiger partial charge in [-0.2, -0.15) is 21.4 Å². The van der Waals surface area contributed by atoms with Crippen LogP contribution in [0, 0.1) is 40.5 Å². The van der Waals surface area contributed by atoms with Gasteiger partial charge in [0.25, 0.3) is 0 Å². The van der Waals surface area contributed by atoms with Crippen LogP contribution in [-0.2, 0) is 22.4 Å². The van der Waals surface area contributed by atoms with Crippen LogP contribution in [-0.4, -0.2) is 38.0 Å². The molecule has 3 aliphatic carbocycles. The zero-order valence-corrected chi connectivity index (χ0v) is 25.4. The van der Waals surface area contributed by atoms with E-state index in [2.05, 4.69) is 29.6 Å². The molecule has 0 radical (unpaired) electrons. The first kappa shape index (κ1) is 33.3. The summed E-state index contributed by atoms with van der Waals surface area (Å²) in [4.78, 5) is 0. The maximum absolute atomic E-state index is 14.9. The normalized spacial score (nSPS) is 26.3. The van der Waals surface area contributed by atoms with E-state index >= 15 is 0 Å². The van der Waals surface area contributed by atoms with Crippen LogP contribution in [0.25, 0.3) is 0 Å². The van der Waals surface area contributed by atoms with Gasteiger partial charge in [-0.25, -0.2) is 8.78 Å². The van der Waals surface area contributed by atoms with E-state index in [-0.39, 0.29) is 42.8 Å². The first-order chi connectivity index (χ1) is 20.9. The Bertz CT molecular complexity index is 1300. The number of hydrogen-bond donors (Lipinski definition) is 2. The van der Waals surface area contributed by atoms with Crippen molar-refractivity contribution in [3.63, 3.8) is 0 Å². The average Bonchev–Trinajstić information content (AvgIpc) is 3.33. The predicted octanol–water partition coefficient (Wildman–Crippen LogP) is 8.61. The Labute approximate surface area is 258 Å². The van der Waals surface area contributed by atoms with Gasteiger partial charge in [0.05, 0.1) is 12.7 Å². The summed E-state index contributed by atoms with van der Waals surface area (Å²) in [6.07, 6.45) is 1.41. The van der Waals surface area contributed by atoms with Gasteiger partial charge < -0.3 is 14.8 Å². The van der Waals surface area contributed by atoms with E-state index in [9.17, 15) is 30.7 Å². The topological polar surface area (TPSA) is 39.7 Å². The fourth-order valence-corrected chi connectivity index (χ4v) is 7.92. The molecule has 0 saturated heterocycles. The first-order valence-electron chi connectivity index (χ1n) is 15.2. The summed E-state index contributed by atoms with van der Waals surface area (Å²) in [6, 6.07) is 5.17. The Kier molecular flexibility index (Phi) is 10.4. The third-order valence-electron chi connectivity index (χ3n) is 9.83. The Morgan fingerprint density at radius 1 is 0.955 bits per heavy atom. The molecule has 0 heterocycles. The molecule has 2 aromatic rings. The minimum absolute atomic E-state index is 0.0164. The Morgan fingerprint density at radius 3 is 2.41 bits per heavy atom. The fourth-order valence-electron chi connectivity index (χ4n) is 7.76. The number of thiol groups is 1. The molecule has 244 valence electrons. The van der Waals surface area contributed by atoms with Gasteiger partial charge in [-0.3, -0.25) is 4.74 Å². The molecule has 0 bridgehead atoms. The van der Waals surface area contributed by atoms with Gasteiger partial charge in [0, 0.05) is 18.7 Å². The lowest BCUT2D eigenvalue weighted by molar-refractivity contribution is -0.325. The molecule has 2 saturated carbocycles. The molecule has 2 aromatic carbocycles. The lowest BCUT2D eigenvalue weighted by Gasteiger charge is -2.50. The van der Waals surface area contributed by atoms with E-state index in [1.54, 1.807) is 12.1 Å². The van der Waals surface area contributed by atoms with Crippen LogP contribution in [0.5, 0.6) is 11.5 Å². The van der Waals surface area contributed by atoms with Crippen molar-refractivity contribution in [2.24, 2.45) is 17.3 Å². The van der Waals surface area contributed by atoms with Gasteiger partial charge in [0.1, 0.15) is 5.75 Å². The van der Waals surface area contributed by atoms with Crippen LogP contribution in [0.1, 0.15) is 74.5 Å². The maximum atomic E-state index is 14.9. The van der Waals surface area contributed by atoms with Crippen molar-refractivity contribution < 1.29 is 44.9 Å². The number of ether oxygens (including phenoxy) is 3. The third kappa shape index (κ3) is 6.88. The third-order valence-corrected chi connectivity index (χ3v) is 10.1. The number of benzene rings is 2. The van der Waals surface area contributed by atoms with Crippen LogP contribution < -0.4 is 10.1 Å². The molecule has 4 nitrogen and oxygen atoms in total. The quantitative estimate of drug-likeness (QED) is 0.105. The Hall–Kier alpha value is -2.02. The van der Waals surface area contributed by atoms with Crippen molar-refractivity contribution in [2.75, 3.05) is 25.5 Å². The van der Waals surface area contributed by atoms with Crippen molar-refractivity contribution in [3.8, 4) is 11.5 Å². The van der Waals surface area contributed by atoms with Crippen molar-refractivity contribution in [1.82, 2.24) is 5.32 Å². The second-order valence-electron chi connectivity index (χ2n) is 12.3. The highest BCUT2D eigenvalue weighted by Crippen LogP contribution is 2.61. The van der Waals surface area contributed by atoms with Gasteiger partial charge in [-0.1, -0.05) is 13.0 Å². The highest BCUT2D eigenvalue weighted by molar-refractivity contribution is 7.80. The molecule has 44 heavy (non-hydrogen) atoms. The minimum atomic E-state index is -4.63. The van der Waals surface area contributed by atoms with E-state index in [4.69, 9.17) is 9.47 Å². The standard InChI is InChI=1S/C32H38F7NO3S/c1-31-11-10-21-20-7-5-19(43-30-28(35)26(33)23(27(34)29(30)36)17-40-12-2-15-44)16-18(20)4-6-22(21)24(31)8-9-25(31)41-13-3-14-42-32(37,38)39/h5,7,16,21-22,24-25,40,44H,2-4,6,8-15,17H2,1H3. The van der Waals surface area contributed by atoms with Crippen molar-refractivity contribution in [2.45, 2.75) is 83.2 Å². The molecule has 5 unspecified atom stereocenters. The summed E-state index contributed by atoms with van der Waals surface area (Å²) in [7, 11) is 0. The van der Waals surface area contributed by atoms with E-state index < -0.39 is 47.6 Å². The number of aryl methyl sites for hydroxylation is 1. The number of rotatable bonds is 12. The molecule has 0 aromatic heterocycles. The smallest absolute Gasteiger partial charge is 0.451 e. The van der Waals surface area contributed by atoms with Crippen molar-refractivity contribution in [3.05, 3.63) is 58.2 Å². The van der Waals surface area contributed by atoms with Crippen LogP contribution in [0.15, 0.2) is 18.2 Å². The number of fused-ring (bicyclic) bond motifs is 5. The number of nitrogens with one attached hydrogen (secondary N) is 1. The summed E-state index contributed by atoms with van der Waals surface area (Å²) in [5.41, 5.74) is 1.34. The minimum Gasteiger partial charge on any atom is -0.451 e. The summed E-state index contributed by atoms with van der Waals surface area (Å²) in [5, 5.41) is 2.75. The molecular weight excluding hydrogens is 611 g/mol. The molecule has 12 heteroatoms. The van der Waals surface area contributed by atoms with Gasteiger partial charge in [0.2, 0.25) is 17.4 Å². The Balaban J connectivity index is 1.25. The molecule has 0 amide bonds. The summed E-state index contributed by atoms with van der Waals surface area (Å²) < 4.78 is 111. The fraction of sp³-hybridized carbons (Fsp3) is 0.625. The van der Waals surface area contributed by atoms with Gasteiger partial charge >= 0.3 is 6.36 Å². The van der Waals surface area contributed by atoms with Crippen LogP contribution in [0.2, 0.25) is 0 Å². The number of hydrogen-bond acceptors (Lipinski definition) is 5. The van der Waals surface area contributed by atoms with Crippen LogP contribution in [0.4, 0.5) is 30.7 Å². The van der Waals surface area contributed by atoms with E-state index in [1.165, 1.54) is 0 Å². The summed E-state index contributed by atoms with van der Waals surface area (Å²) in [5.74, 6) is -5.50. The van der Waals surface area contributed by atoms with Crippen molar-refractivity contribution >= 4 is 12.6 Å². The lowest BCUT2D eigenvalue weighted by atomic mass is 9.55. The molecule has 0 spiro atoms. The zero-order valence-electron chi connectivity index (χ0n) is 24.6. The zero-order chi connectivity index (χ0) is 31.6. The van der Waals surface area contributed by atoms with Crippen LogP contribution >= 0.6 is 12.6 Å². The lowest BCUT2D eigenvalue weighted by Crippen LogP contribution is -2.44. The molecule has 3 aliphatic rings. The number of alkyl halides is 3. The highest BCUT2D eigenvalue weighted by Gasteiger charge is 2.55. The largest absolute Gasteiger partial charge is 0.522 e. The van der Waals surface area contributed by atoms with Gasteiger partial charge in [-0.05, 0) is 110 Å². The summed E-state index contributed by atoms with van der Waals surface area (Å²) in [6.45, 7) is 2.04. The average molecular weight is 650 g/mol. The second-order valence-corrected chi connectivity index (χ2v) is 12.8. The van der Waals surface area contributed by atoms with Crippen LogP contribution in [0.3, 0.4) is 0 Å². The maximum Gasteiger partial charge on any atom is 0.522 e. The SMILES string of the molecule is CC12CCC3c4ccc(Oc5c(F)c(F)c(CNCCCS)c(F)c5F)cc4CCC3C1CCC2OCCCOC(F)(F)F. The molecule has 5 rings (SSSR count). The molecule has 2 fully saturated rings. The van der Waals surface area contributed by atoms with E-state index in [0.717, 1.165) is 43.2 Å². The monoisotopic (exact) mass is 649 g/mol. The molecule has 1 N–H and O–H groups in total. The summed E-state index contributed by atoms with van der Waals surface area (Å²) >= 11 is 4.05. The predicted molar refractivity (Wildman–Crippen MR) is 154 cm³/mol. The van der Waals surface area contributed by atoms with E-state index in [0.29, 0.717) is 37.0 Å². The molecule has 5 atom stereocenters.